The minimum atomic E-state index is -1.01. The van der Waals surface area contributed by atoms with Crippen LogP contribution in [0.3, 0.4) is 0 Å². The summed E-state index contributed by atoms with van der Waals surface area (Å²) in [5.74, 6) is 9.04. The lowest BCUT2D eigenvalue weighted by molar-refractivity contribution is -0.0808. The minimum Gasteiger partial charge on any atom is -0.504 e. The summed E-state index contributed by atoms with van der Waals surface area (Å²) in [6.07, 6.45) is 9.54. The molecule has 6 rings (SSSR count). The van der Waals surface area contributed by atoms with Crippen LogP contribution in [0.1, 0.15) is 86.7 Å². The number of phenols is 2. The zero-order valence-electron chi connectivity index (χ0n) is 34.1. The van der Waals surface area contributed by atoms with Gasteiger partial charge in [-0.3, -0.25) is 0 Å². The van der Waals surface area contributed by atoms with Crippen molar-refractivity contribution >= 4 is 21.6 Å². The minimum absolute atomic E-state index is 0.0500. The summed E-state index contributed by atoms with van der Waals surface area (Å²) in [4.78, 5) is 0. The first kappa shape index (κ1) is 44.7. The number of fused-ring (bicyclic) bond motifs is 3. The van der Waals surface area contributed by atoms with Crippen molar-refractivity contribution < 1.29 is 49.6 Å². The van der Waals surface area contributed by atoms with Crippen molar-refractivity contribution in [3.8, 4) is 40.6 Å². The lowest BCUT2D eigenvalue weighted by atomic mass is 9.59. The number of phenolic OH excluding ortho intramolecular Hbond substituents is 2. The third-order valence-corrected chi connectivity index (χ3v) is 15.5. The van der Waals surface area contributed by atoms with Gasteiger partial charge in [-0.2, -0.15) is 0 Å². The molecule has 10 atom stereocenters. The predicted octanol–water partition coefficient (Wildman–Crippen LogP) is 6.30. The molecule has 1 fully saturated rings. The number of aryl methyl sites for hydroxylation is 1. The molecule has 0 unspecified atom stereocenters. The Morgan fingerprint density at radius 1 is 0.948 bits per heavy atom. The number of aliphatic hydroxyl groups is 4. The molecule has 58 heavy (non-hydrogen) atoms. The summed E-state index contributed by atoms with van der Waals surface area (Å²) < 4.78 is 23.3. The Bertz CT molecular complexity index is 1720. The van der Waals surface area contributed by atoms with Crippen LogP contribution in [0.15, 0.2) is 36.4 Å². The molecule has 1 spiro atoms. The van der Waals surface area contributed by atoms with Crippen molar-refractivity contribution in [3.63, 3.8) is 0 Å². The van der Waals surface area contributed by atoms with Gasteiger partial charge in [-0.25, -0.2) is 0 Å². The molecule has 1 saturated carbocycles. The number of allylic oxidation sites excluding steroid dienone is 2. The topological polar surface area (TPSA) is 170 Å². The SMILES string of the molecule is COc1cc(C[C@H]2[C@H](O)C[C@@H](OCO)CCc3cc(O[C@H]4CC[C@H]5CNCCC#C[C@@]6(C=CC[C@H](C)C6)[C@H]5C4)c(O)cc3[C@H](CCO)SSC[C@@H]2O)cc(OC)c1O. The molecule has 13 heteroatoms. The summed E-state index contributed by atoms with van der Waals surface area (Å²) in [7, 11) is 5.87. The molecule has 7 N–H and O–H groups in total. The maximum absolute atomic E-state index is 11.7. The van der Waals surface area contributed by atoms with Crippen molar-refractivity contribution in [2.24, 2.45) is 29.1 Å². The molecule has 0 bridgehead atoms. The standard InChI is InChI=1S/C45H63NO10S2/c1-28-7-6-14-45(24-28)13-4-5-15-46-25-31-9-11-33(21-36(31)45)56-40-20-30-8-10-32(55-27-48)22-37(49)35(17-29-18-41(53-2)44(52)42(19-29)54-3)39(51)26-57-58-43(12-16-47)34(30)23-38(40)50/h6,14,18-20,23,28,31-33,35-37,39,43,46-52H,5,7-12,15-17,21-22,24-27H2,1-3H3/t28-,31-,32-,33-,35-,36-,37+,39-,43-,45-/m0/s1. The number of methoxy groups -OCH3 is 2. The van der Waals surface area contributed by atoms with Gasteiger partial charge in [-0.05, 0) is 129 Å². The summed E-state index contributed by atoms with van der Waals surface area (Å²) in [5, 5.41) is 69.0. The van der Waals surface area contributed by atoms with Crippen molar-refractivity contribution in [2.75, 3.05) is 46.5 Å². The van der Waals surface area contributed by atoms with Crippen LogP contribution in [-0.2, 0) is 17.6 Å². The normalized spacial score (nSPS) is 32.0. The molecule has 320 valence electrons. The van der Waals surface area contributed by atoms with Gasteiger partial charge < -0.3 is 54.9 Å². The Labute approximate surface area is 351 Å². The number of hydrogen-bond donors (Lipinski definition) is 7. The van der Waals surface area contributed by atoms with Gasteiger partial charge in [0.1, 0.15) is 6.79 Å². The fraction of sp³-hybridized carbons (Fsp3) is 0.644. The number of benzene rings is 2. The Morgan fingerprint density at radius 3 is 2.47 bits per heavy atom. The molecule has 2 aromatic rings. The lowest BCUT2D eigenvalue weighted by Gasteiger charge is -2.46. The zero-order valence-corrected chi connectivity index (χ0v) is 35.7. The molecule has 2 aliphatic heterocycles. The van der Waals surface area contributed by atoms with E-state index in [4.69, 9.17) is 18.9 Å². The van der Waals surface area contributed by atoms with E-state index in [1.54, 1.807) is 18.2 Å². The van der Waals surface area contributed by atoms with Gasteiger partial charge in [-0.15, -0.1) is 5.92 Å². The highest BCUT2D eigenvalue weighted by molar-refractivity contribution is 8.76. The highest BCUT2D eigenvalue weighted by Crippen LogP contribution is 2.51. The molecule has 0 aromatic heterocycles. The van der Waals surface area contributed by atoms with E-state index in [0.717, 1.165) is 62.7 Å². The van der Waals surface area contributed by atoms with Crippen molar-refractivity contribution in [1.82, 2.24) is 5.32 Å². The highest BCUT2D eigenvalue weighted by atomic mass is 33.1. The van der Waals surface area contributed by atoms with Gasteiger partial charge in [0, 0.05) is 36.5 Å². The van der Waals surface area contributed by atoms with Crippen LogP contribution in [-0.4, -0.2) is 102 Å². The lowest BCUT2D eigenvalue weighted by Crippen LogP contribution is -2.45. The molecule has 11 nitrogen and oxygen atoms in total. The second-order valence-electron chi connectivity index (χ2n) is 16.6. The molecular formula is C45H63NO10S2. The first-order valence-electron chi connectivity index (χ1n) is 20.9. The number of aliphatic hydroxyl groups excluding tert-OH is 4. The molecule has 0 radical (unpaired) electrons. The summed E-state index contributed by atoms with van der Waals surface area (Å²) in [6, 6.07) is 7.05. The van der Waals surface area contributed by atoms with Crippen LogP contribution in [0.5, 0.6) is 28.7 Å². The summed E-state index contributed by atoms with van der Waals surface area (Å²) in [5.41, 5.74) is 2.32. The van der Waals surface area contributed by atoms with Crippen molar-refractivity contribution in [1.29, 1.82) is 0 Å². The number of aromatic hydroxyl groups is 2. The van der Waals surface area contributed by atoms with Gasteiger partial charge in [0.2, 0.25) is 5.75 Å². The maximum Gasteiger partial charge on any atom is 0.200 e. The van der Waals surface area contributed by atoms with E-state index >= 15 is 0 Å². The Morgan fingerprint density at radius 2 is 1.74 bits per heavy atom. The highest BCUT2D eigenvalue weighted by Gasteiger charge is 2.46. The summed E-state index contributed by atoms with van der Waals surface area (Å²) in [6.45, 7) is 3.57. The second-order valence-corrected chi connectivity index (χ2v) is 19.2. The molecule has 2 heterocycles. The molecular weight excluding hydrogens is 779 g/mol. The quantitative estimate of drug-likeness (QED) is 0.0616. The van der Waals surface area contributed by atoms with E-state index in [9.17, 15) is 30.6 Å². The first-order chi connectivity index (χ1) is 28.1. The Kier molecular flexibility index (Phi) is 16.3. The average molecular weight is 842 g/mol. The first-order valence-corrected chi connectivity index (χ1v) is 23.3. The summed E-state index contributed by atoms with van der Waals surface area (Å²) >= 11 is 0. The second kappa shape index (κ2) is 21.1. The van der Waals surface area contributed by atoms with Crippen LogP contribution in [0, 0.1) is 40.9 Å². The van der Waals surface area contributed by atoms with Crippen molar-refractivity contribution in [2.45, 2.75) is 107 Å². The van der Waals surface area contributed by atoms with E-state index in [0.29, 0.717) is 48.3 Å². The molecule has 2 aromatic carbocycles. The van der Waals surface area contributed by atoms with Crippen molar-refractivity contribution in [3.05, 3.63) is 53.1 Å². The third kappa shape index (κ3) is 10.9. The smallest absolute Gasteiger partial charge is 0.200 e. The van der Waals surface area contributed by atoms with Gasteiger partial charge in [-0.1, -0.05) is 46.6 Å². The molecule has 0 amide bonds. The number of ether oxygens (including phenoxy) is 4. The maximum atomic E-state index is 11.7. The molecule has 0 saturated heterocycles. The van der Waals surface area contributed by atoms with E-state index < -0.39 is 31.0 Å². The van der Waals surface area contributed by atoms with Crippen LogP contribution < -0.4 is 19.5 Å². The largest absolute Gasteiger partial charge is 0.504 e. The Hall–Kier alpha value is -2.80. The third-order valence-electron chi connectivity index (χ3n) is 12.6. The van der Waals surface area contributed by atoms with Crippen LogP contribution in [0.25, 0.3) is 0 Å². The predicted molar refractivity (Wildman–Crippen MR) is 228 cm³/mol. The zero-order chi connectivity index (χ0) is 41.2. The number of hydrogen-bond acceptors (Lipinski definition) is 13. The van der Waals surface area contributed by atoms with E-state index in [1.807, 2.05) is 6.07 Å². The van der Waals surface area contributed by atoms with Gasteiger partial charge in [0.15, 0.2) is 23.0 Å². The van der Waals surface area contributed by atoms with Gasteiger partial charge >= 0.3 is 0 Å². The van der Waals surface area contributed by atoms with Crippen LogP contribution >= 0.6 is 21.6 Å². The van der Waals surface area contributed by atoms with Crippen LogP contribution in [0.2, 0.25) is 0 Å². The van der Waals surface area contributed by atoms with E-state index in [-0.39, 0.29) is 65.0 Å². The molecule has 4 aliphatic rings. The van der Waals surface area contributed by atoms with E-state index in [1.165, 1.54) is 35.8 Å². The van der Waals surface area contributed by atoms with Gasteiger partial charge in [0.05, 0.1) is 44.1 Å². The fourth-order valence-electron chi connectivity index (χ4n) is 9.65. The monoisotopic (exact) mass is 841 g/mol. The van der Waals surface area contributed by atoms with Crippen LogP contribution in [0.4, 0.5) is 0 Å². The van der Waals surface area contributed by atoms with E-state index in [2.05, 4.69) is 36.2 Å². The fourth-order valence-corrected chi connectivity index (χ4v) is 12.5. The Balaban J connectivity index is 1.26. The van der Waals surface area contributed by atoms with Gasteiger partial charge in [0.25, 0.3) is 0 Å². The number of rotatable bonds is 10. The average Bonchev–Trinajstić information content (AvgIpc) is 3.29. The molecule has 2 aliphatic carbocycles. The number of nitrogens with one attached hydrogen (secondary N) is 1.